The second-order valence-corrected chi connectivity index (χ2v) is 4.53. The molecule has 1 rings (SSSR count). The van der Waals surface area contributed by atoms with Gasteiger partial charge in [0.25, 0.3) is 0 Å². The van der Waals surface area contributed by atoms with Gasteiger partial charge in [0.2, 0.25) is 0 Å². The van der Waals surface area contributed by atoms with Crippen LogP contribution in [-0.4, -0.2) is 57.9 Å². The fourth-order valence-electron chi connectivity index (χ4n) is 1.74. The van der Waals surface area contributed by atoms with E-state index < -0.39 is 43.4 Å². The normalized spacial score (nSPS) is 17.1. The van der Waals surface area contributed by atoms with Crippen LogP contribution in [0.3, 0.4) is 0 Å². The number of benzene rings is 1. The molecular formula is C14H20O6. The fraction of sp³-hybridized carbons (Fsp3) is 0.500. The summed E-state index contributed by atoms with van der Waals surface area (Å²) in [7, 11) is 0. The van der Waals surface area contributed by atoms with Crippen LogP contribution in [-0.2, 0) is 9.53 Å². The minimum atomic E-state index is -1.45. The zero-order chi connectivity index (χ0) is 15.1. The molecule has 0 spiro atoms. The van der Waals surface area contributed by atoms with E-state index in [-0.39, 0.29) is 0 Å². The highest BCUT2D eigenvalue weighted by molar-refractivity contribution is 5.77. The predicted octanol–water partition coefficient (Wildman–Crippen LogP) is -0.592. The van der Waals surface area contributed by atoms with Crippen molar-refractivity contribution in [2.24, 2.45) is 0 Å². The van der Waals surface area contributed by atoms with Crippen LogP contribution in [0.2, 0.25) is 0 Å². The number of hydrogen-bond donors (Lipinski definition) is 4. The van der Waals surface area contributed by atoms with Gasteiger partial charge < -0.3 is 25.2 Å². The van der Waals surface area contributed by atoms with Crippen molar-refractivity contribution in [3.05, 3.63) is 35.9 Å². The first-order valence-electron chi connectivity index (χ1n) is 6.34. The number of carbonyl (C=O) groups is 1. The van der Waals surface area contributed by atoms with E-state index in [9.17, 15) is 15.0 Å². The van der Waals surface area contributed by atoms with E-state index in [1.807, 2.05) is 6.07 Å². The van der Waals surface area contributed by atoms with Gasteiger partial charge in [-0.1, -0.05) is 30.3 Å². The van der Waals surface area contributed by atoms with E-state index in [1.54, 1.807) is 31.2 Å². The maximum absolute atomic E-state index is 12.0. The third kappa shape index (κ3) is 4.28. The molecule has 6 nitrogen and oxygen atoms in total. The molecule has 0 amide bonds. The van der Waals surface area contributed by atoms with Crippen molar-refractivity contribution in [3.8, 4) is 0 Å². The number of ether oxygens (including phenoxy) is 1. The maximum Gasteiger partial charge on any atom is 0.313 e. The summed E-state index contributed by atoms with van der Waals surface area (Å²) in [4.78, 5) is 12.0. The van der Waals surface area contributed by atoms with Crippen molar-refractivity contribution in [1.82, 2.24) is 0 Å². The molecule has 6 heteroatoms. The summed E-state index contributed by atoms with van der Waals surface area (Å²) in [5.41, 5.74) is 0.730. The Labute approximate surface area is 117 Å². The van der Waals surface area contributed by atoms with E-state index in [1.165, 1.54) is 0 Å². The summed E-state index contributed by atoms with van der Waals surface area (Å²) < 4.78 is 5.01. The molecule has 0 aliphatic heterocycles. The lowest BCUT2D eigenvalue weighted by atomic mass is 10.0. The quantitative estimate of drug-likeness (QED) is 0.498. The van der Waals surface area contributed by atoms with Gasteiger partial charge in [0.15, 0.2) is 6.10 Å². The number of carbonyl (C=O) groups excluding carboxylic acids is 1. The summed E-state index contributed by atoms with van der Waals surface area (Å²) in [6, 6.07) is 8.89. The first-order chi connectivity index (χ1) is 9.51. The number of esters is 1. The number of hydrogen-bond acceptors (Lipinski definition) is 6. The summed E-state index contributed by atoms with van der Waals surface area (Å²) in [5.74, 6) is -1.24. The first-order valence-corrected chi connectivity index (χ1v) is 6.34. The van der Waals surface area contributed by atoms with Gasteiger partial charge in [-0.3, -0.25) is 4.79 Å². The lowest BCUT2D eigenvalue weighted by Crippen LogP contribution is -2.45. The summed E-state index contributed by atoms with van der Waals surface area (Å²) in [6.07, 6.45) is -4.28. The molecule has 1 aromatic rings. The minimum Gasteiger partial charge on any atom is -0.456 e. The fourth-order valence-corrected chi connectivity index (χ4v) is 1.74. The lowest BCUT2D eigenvalue weighted by molar-refractivity contribution is -0.170. The van der Waals surface area contributed by atoms with Gasteiger partial charge in [-0.25, -0.2) is 0 Å². The molecule has 0 aromatic heterocycles. The summed E-state index contributed by atoms with van der Waals surface area (Å²) in [5, 5.41) is 36.8. The molecule has 4 N–H and O–H groups in total. The van der Waals surface area contributed by atoms with Gasteiger partial charge in [-0.2, -0.15) is 0 Å². The van der Waals surface area contributed by atoms with Crippen molar-refractivity contribution in [2.45, 2.75) is 31.2 Å². The molecule has 0 fully saturated rings. The third-order valence-electron chi connectivity index (χ3n) is 3.04. The number of aliphatic hydroxyl groups excluding tert-OH is 4. The van der Waals surface area contributed by atoms with Crippen LogP contribution in [0.15, 0.2) is 30.3 Å². The monoisotopic (exact) mass is 284 g/mol. The standard InChI is InChI=1S/C14H20O6/c1-9(10-5-3-2-4-6-10)14(19)20-13(11(17)7-15)12(18)8-16/h2-6,9,11-13,15-18H,7-8H2,1H3/t9?,11-,12+,13?. The summed E-state index contributed by atoms with van der Waals surface area (Å²) >= 11 is 0. The molecule has 0 aliphatic rings. The van der Waals surface area contributed by atoms with Crippen LogP contribution in [0, 0.1) is 0 Å². The molecule has 0 bridgehead atoms. The van der Waals surface area contributed by atoms with E-state index in [0.717, 1.165) is 5.56 Å². The van der Waals surface area contributed by atoms with E-state index >= 15 is 0 Å². The van der Waals surface area contributed by atoms with E-state index in [4.69, 9.17) is 14.9 Å². The highest BCUT2D eigenvalue weighted by Gasteiger charge is 2.31. The van der Waals surface area contributed by atoms with Crippen molar-refractivity contribution >= 4 is 5.97 Å². The van der Waals surface area contributed by atoms with E-state index in [0.29, 0.717) is 0 Å². The smallest absolute Gasteiger partial charge is 0.313 e. The van der Waals surface area contributed by atoms with Gasteiger partial charge in [0.1, 0.15) is 12.2 Å². The van der Waals surface area contributed by atoms with Crippen molar-refractivity contribution in [3.63, 3.8) is 0 Å². The Morgan fingerprint density at radius 3 is 2.05 bits per heavy atom. The van der Waals surface area contributed by atoms with Gasteiger partial charge in [0, 0.05) is 0 Å². The molecule has 0 saturated carbocycles. The highest BCUT2D eigenvalue weighted by Crippen LogP contribution is 2.18. The van der Waals surface area contributed by atoms with Gasteiger partial charge in [-0.05, 0) is 12.5 Å². The molecule has 0 radical (unpaired) electrons. The van der Waals surface area contributed by atoms with Gasteiger partial charge >= 0.3 is 5.97 Å². The second kappa shape index (κ2) is 7.96. The molecule has 4 atom stereocenters. The molecule has 20 heavy (non-hydrogen) atoms. The molecule has 0 saturated heterocycles. The zero-order valence-electron chi connectivity index (χ0n) is 11.2. The third-order valence-corrected chi connectivity index (χ3v) is 3.04. The van der Waals surface area contributed by atoms with E-state index in [2.05, 4.69) is 0 Å². The Kier molecular flexibility index (Phi) is 6.60. The second-order valence-electron chi connectivity index (χ2n) is 4.53. The van der Waals surface area contributed by atoms with Crippen molar-refractivity contribution < 1.29 is 30.0 Å². The molecule has 2 unspecified atom stereocenters. The van der Waals surface area contributed by atoms with Crippen LogP contribution in [0.4, 0.5) is 0 Å². The molecule has 112 valence electrons. The highest BCUT2D eigenvalue weighted by atomic mass is 16.6. The zero-order valence-corrected chi connectivity index (χ0v) is 11.2. The Morgan fingerprint density at radius 2 is 1.60 bits per heavy atom. The predicted molar refractivity (Wildman–Crippen MR) is 70.9 cm³/mol. The maximum atomic E-state index is 12.0. The molecule has 0 aliphatic carbocycles. The Hall–Kier alpha value is -1.47. The van der Waals surface area contributed by atoms with Crippen molar-refractivity contribution in [2.75, 3.05) is 13.2 Å². The average Bonchev–Trinajstić information content (AvgIpc) is 2.50. The Morgan fingerprint density at radius 1 is 1.10 bits per heavy atom. The lowest BCUT2D eigenvalue weighted by Gasteiger charge is -2.26. The number of rotatable bonds is 7. The Bertz CT molecular complexity index is 397. The van der Waals surface area contributed by atoms with Crippen LogP contribution >= 0.6 is 0 Å². The van der Waals surface area contributed by atoms with Crippen LogP contribution in [0.1, 0.15) is 18.4 Å². The van der Waals surface area contributed by atoms with Crippen LogP contribution < -0.4 is 0 Å². The molecule has 0 heterocycles. The van der Waals surface area contributed by atoms with Crippen molar-refractivity contribution in [1.29, 1.82) is 0 Å². The largest absolute Gasteiger partial charge is 0.456 e. The SMILES string of the molecule is CC(C(=O)OC([C@H](O)CO)[C@@H](O)CO)c1ccccc1. The van der Waals surface area contributed by atoms with Gasteiger partial charge in [-0.15, -0.1) is 0 Å². The molecular weight excluding hydrogens is 264 g/mol. The minimum absolute atomic E-state index is 0.588. The van der Waals surface area contributed by atoms with Crippen LogP contribution in [0.5, 0.6) is 0 Å². The molecule has 1 aromatic carbocycles. The summed E-state index contributed by atoms with van der Waals surface area (Å²) in [6.45, 7) is 0.259. The number of aliphatic hydroxyl groups is 4. The first kappa shape index (κ1) is 16.6. The van der Waals surface area contributed by atoms with Gasteiger partial charge in [0.05, 0.1) is 19.1 Å². The van der Waals surface area contributed by atoms with Crippen LogP contribution in [0.25, 0.3) is 0 Å². The Balaban J connectivity index is 2.75. The average molecular weight is 284 g/mol. The topological polar surface area (TPSA) is 107 Å².